The van der Waals surface area contributed by atoms with Crippen LogP contribution in [0.3, 0.4) is 0 Å². The molecule has 0 bridgehead atoms. The first-order valence-corrected chi connectivity index (χ1v) is 9.55. The molecule has 0 fully saturated rings. The van der Waals surface area contributed by atoms with Crippen LogP contribution in [0.5, 0.6) is 0 Å². The zero-order chi connectivity index (χ0) is 22.1. The van der Waals surface area contributed by atoms with E-state index in [1.54, 1.807) is 30.1 Å². The standard InChI is InChI=1S/C20H23N5O3.C2H2/c1-24(13-26)11-9-15(27)7-6-14-8-10-22-18(12-14)25-17-5-3-2-4-16(17)19(23-25)20(21)28;1-2/h8,10,12-13,15,27H,2-5,9,11H2,1H3,(H2,21,28);1-2H/t15-;/m0./s1. The molecule has 0 radical (unpaired) electrons. The second-order valence-corrected chi connectivity index (χ2v) is 6.82. The van der Waals surface area contributed by atoms with Crippen molar-refractivity contribution in [2.75, 3.05) is 13.6 Å². The molecule has 2 aromatic rings. The van der Waals surface area contributed by atoms with Gasteiger partial charge in [0, 0.05) is 37.3 Å². The van der Waals surface area contributed by atoms with Gasteiger partial charge in [-0.05, 0) is 37.8 Å². The van der Waals surface area contributed by atoms with Crippen molar-refractivity contribution in [1.82, 2.24) is 19.7 Å². The number of pyridine rings is 1. The Morgan fingerprint density at radius 2 is 2.17 bits per heavy atom. The quantitative estimate of drug-likeness (QED) is 0.540. The number of terminal acetylenes is 1. The van der Waals surface area contributed by atoms with Crippen molar-refractivity contribution in [2.24, 2.45) is 5.73 Å². The molecule has 3 N–H and O–H groups in total. The SMILES string of the molecule is C#C.CN(C=O)CC[C@@H](O)C#Cc1ccnc(-n2nc(C(N)=O)c3c2CCCC3)c1. The molecule has 0 saturated carbocycles. The van der Waals surface area contributed by atoms with Crippen molar-refractivity contribution >= 4 is 12.3 Å². The van der Waals surface area contributed by atoms with Gasteiger partial charge in [0.15, 0.2) is 11.5 Å². The number of fused-ring (bicyclic) bond motifs is 1. The summed E-state index contributed by atoms with van der Waals surface area (Å²) >= 11 is 0. The Balaban J connectivity index is 0.00000155. The summed E-state index contributed by atoms with van der Waals surface area (Å²) in [5.41, 5.74) is 8.35. The van der Waals surface area contributed by atoms with E-state index in [1.807, 2.05) is 0 Å². The van der Waals surface area contributed by atoms with E-state index >= 15 is 0 Å². The Morgan fingerprint density at radius 1 is 1.43 bits per heavy atom. The Morgan fingerprint density at radius 3 is 2.87 bits per heavy atom. The normalized spacial score (nSPS) is 12.9. The van der Waals surface area contributed by atoms with E-state index in [0.29, 0.717) is 36.5 Å². The number of aliphatic hydroxyl groups is 1. The maximum atomic E-state index is 11.7. The zero-order valence-corrected chi connectivity index (χ0v) is 16.9. The summed E-state index contributed by atoms with van der Waals surface area (Å²) < 4.78 is 1.68. The third-order valence-electron chi connectivity index (χ3n) is 4.69. The summed E-state index contributed by atoms with van der Waals surface area (Å²) in [6, 6.07) is 3.51. The first-order chi connectivity index (χ1) is 14.5. The van der Waals surface area contributed by atoms with E-state index in [4.69, 9.17) is 5.73 Å². The molecule has 0 spiro atoms. The van der Waals surface area contributed by atoms with E-state index < -0.39 is 12.0 Å². The van der Waals surface area contributed by atoms with Gasteiger partial charge in [0.1, 0.15) is 6.10 Å². The van der Waals surface area contributed by atoms with Crippen LogP contribution in [-0.4, -0.2) is 56.8 Å². The Hall–Kier alpha value is -3.62. The fourth-order valence-corrected chi connectivity index (χ4v) is 3.22. The van der Waals surface area contributed by atoms with Gasteiger partial charge in [0.25, 0.3) is 5.91 Å². The third kappa shape index (κ3) is 5.47. The minimum Gasteiger partial charge on any atom is -0.380 e. The largest absolute Gasteiger partial charge is 0.380 e. The molecule has 0 aliphatic heterocycles. The fourth-order valence-electron chi connectivity index (χ4n) is 3.22. The Labute approximate surface area is 176 Å². The van der Waals surface area contributed by atoms with Crippen molar-refractivity contribution in [3.05, 3.63) is 40.8 Å². The van der Waals surface area contributed by atoms with Crippen LogP contribution in [0.1, 0.15) is 46.6 Å². The van der Waals surface area contributed by atoms with Gasteiger partial charge in [-0.1, -0.05) is 11.8 Å². The molecule has 1 atom stereocenters. The topological polar surface area (TPSA) is 114 Å². The molecule has 8 heteroatoms. The highest BCUT2D eigenvalue weighted by atomic mass is 16.3. The Kier molecular flexibility index (Phi) is 8.16. The summed E-state index contributed by atoms with van der Waals surface area (Å²) in [5.74, 6) is 5.73. The van der Waals surface area contributed by atoms with Crippen molar-refractivity contribution < 1.29 is 14.7 Å². The number of rotatable bonds is 6. The fraction of sp³-hybridized carbons (Fsp3) is 0.364. The summed E-state index contributed by atoms with van der Waals surface area (Å²) in [7, 11) is 1.65. The van der Waals surface area contributed by atoms with Gasteiger partial charge in [-0.3, -0.25) is 9.59 Å². The maximum absolute atomic E-state index is 11.7. The predicted octanol–water partition coefficient (Wildman–Crippen LogP) is 0.685. The number of hydrogen-bond donors (Lipinski definition) is 2. The second kappa shape index (κ2) is 10.8. The molecule has 1 aliphatic rings. The molecular formula is C22H25N5O3. The summed E-state index contributed by atoms with van der Waals surface area (Å²) in [6.45, 7) is 0.427. The average molecular weight is 407 g/mol. The van der Waals surface area contributed by atoms with Gasteiger partial charge >= 0.3 is 0 Å². The molecule has 0 unspecified atom stereocenters. The number of amides is 2. The van der Waals surface area contributed by atoms with E-state index in [-0.39, 0.29) is 0 Å². The lowest BCUT2D eigenvalue weighted by atomic mass is 9.95. The van der Waals surface area contributed by atoms with E-state index in [0.717, 1.165) is 36.9 Å². The highest BCUT2D eigenvalue weighted by Gasteiger charge is 2.24. The molecule has 8 nitrogen and oxygen atoms in total. The average Bonchev–Trinajstić information content (AvgIpc) is 3.17. The Bertz CT molecular complexity index is 984. The first kappa shape index (κ1) is 22.7. The van der Waals surface area contributed by atoms with Crippen molar-refractivity contribution in [1.29, 1.82) is 0 Å². The molecule has 3 rings (SSSR count). The molecule has 1 aliphatic carbocycles. The van der Waals surface area contributed by atoms with E-state index in [1.165, 1.54) is 4.90 Å². The number of nitrogens with two attached hydrogens (primary N) is 1. The van der Waals surface area contributed by atoms with Gasteiger partial charge in [0.05, 0.1) is 5.69 Å². The van der Waals surface area contributed by atoms with Crippen LogP contribution >= 0.6 is 0 Å². The second-order valence-electron chi connectivity index (χ2n) is 6.82. The van der Waals surface area contributed by atoms with Crippen LogP contribution in [-0.2, 0) is 17.6 Å². The number of hydrogen-bond acceptors (Lipinski definition) is 5. The van der Waals surface area contributed by atoms with Crippen LogP contribution in [0.25, 0.3) is 5.82 Å². The van der Waals surface area contributed by atoms with Gasteiger partial charge in [-0.2, -0.15) is 5.10 Å². The van der Waals surface area contributed by atoms with Crippen LogP contribution in [0.15, 0.2) is 18.3 Å². The van der Waals surface area contributed by atoms with Crippen LogP contribution in [0.4, 0.5) is 0 Å². The molecule has 156 valence electrons. The predicted molar refractivity (Wildman–Crippen MR) is 113 cm³/mol. The van der Waals surface area contributed by atoms with Gasteiger partial charge in [-0.15, -0.1) is 12.8 Å². The van der Waals surface area contributed by atoms with E-state index in [9.17, 15) is 14.7 Å². The third-order valence-corrected chi connectivity index (χ3v) is 4.69. The molecule has 2 aromatic heterocycles. The highest BCUT2D eigenvalue weighted by Crippen LogP contribution is 2.26. The molecular weight excluding hydrogens is 382 g/mol. The lowest BCUT2D eigenvalue weighted by Crippen LogP contribution is -2.21. The maximum Gasteiger partial charge on any atom is 0.269 e. The number of carbonyl (C=O) groups excluding carboxylic acids is 2. The smallest absolute Gasteiger partial charge is 0.269 e. The van der Waals surface area contributed by atoms with Crippen molar-refractivity contribution in [2.45, 2.75) is 38.2 Å². The molecule has 0 saturated heterocycles. The molecule has 0 aromatic carbocycles. The number of carbonyl (C=O) groups is 2. The van der Waals surface area contributed by atoms with E-state index in [2.05, 4.69) is 34.8 Å². The zero-order valence-electron chi connectivity index (χ0n) is 16.9. The van der Waals surface area contributed by atoms with Gasteiger partial charge in [0.2, 0.25) is 6.41 Å². The molecule has 2 amide bonds. The van der Waals surface area contributed by atoms with Crippen molar-refractivity contribution in [3.63, 3.8) is 0 Å². The van der Waals surface area contributed by atoms with Crippen LogP contribution in [0, 0.1) is 24.7 Å². The monoisotopic (exact) mass is 407 g/mol. The van der Waals surface area contributed by atoms with Gasteiger partial charge < -0.3 is 15.7 Å². The lowest BCUT2D eigenvalue weighted by Gasteiger charge is -2.13. The van der Waals surface area contributed by atoms with Gasteiger partial charge in [-0.25, -0.2) is 9.67 Å². The summed E-state index contributed by atoms with van der Waals surface area (Å²) in [5, 5.41) is 14.4. The molecule has 2 heterocycles. The minimum atomic E-state index is -0.835. The first-order valence-electron chi connectivity index (χ1n) is 9.55. The van der Waals surface area contributed by atoms with Crippen LogP contribution < -0.4 is 5.73 Å². The lowest BCUT2D eigenvalue weighted by molar-refractivity contribution is -0.117. The van der Waals surface area contributed by atoms with Crippen LogP contribution in [0.2, 0.25) is 0 Å². The number of aromatic nitrogens is 3. The highest BCUT2D eigenvalue weighted by molar-refractivity contribution is 5.92. The number of nitrogens with zero attached hydrogens (tertiary/aromatic N) is 4. The number of primary amides is 1. The summed E-state index contributed by atoms with van der Waals surface area (Å²) in [4.78, 5) is 28.1. The minimum absolute atomic E-state index is 0.308. The van der Waals surface area contributed by atoms with Crippen molar-refractivity contribution in [3.8, 4) is 30.5 Å². The summed E-state index contributed by atoms with van der Waals surface area (Å²) in [6.07, 6.45) is 13.5. The molecule has 30 heavy (non-hydrogen) atoms. The number of aliphatic hydroxyl groups excluding tert-OH is 1.